The van der Waals surface area contributed by atoms with Crippen LogP contribution >= 0.6 is 0 Å². The number of fused-ring (bicyclic) bond motifs is 3. The van der Waals surface area contributed by atoms with Crippen molar-refractivity contribution in [3.05, 3.63) is 66.2 Å². The summed E-state index contributed by atoms with van der Waals surface area (Å²) < 4.78 is 11.0. The lowest BCUT2D eigenvalue weighted by Crippen LogP contribution is -2.31. The van der Waals surface area contributed by atoms with Gasteiger partial charge in [0.1, 0.15) is 12.4 Å². The molecule has 6 heteroatoms. The molecule has 4 N–H and O–H groups in total. The van der Waals surface area contributed by atoms with Gasteiger partial charge >= 0.3 is 0 Å². The van der Waals surface area contributed by atoms with E-state index in [4.69, 9.17) is 9.47 Å². The van der Waals surface area contributed by atoms with Crippen LogP contribution in [-0.2, 0) is 6.42 Å². The molecule has 4 aromatic rings. The van der Waals surface area contributed by atoms with Crippen molar-refractivity contribution < 1.29 is 19.7 Å². The number of aromatic nitrogens is 1. The molecule has 0 saturated heterocycles. The number of hydrogen-bond donors (Lipinski definition) is 4. The molecule has 4 rings (SSSR count). The van der Waals surface area contributed by atoms with Crippen molar-refractivity contribution in [3.63, 3.8) is 0 Å². The third-order valence-electron chi connectivity index (χ3n) is 5.18. The molecule has 1 unspecified atom stereocenters. The number of nitrogens with one attached hydrogen (secondary N) is 2. The number of aromatic hydroxyl groups is 1. The van der Waals surface area contributed by atoms with Crippen LogP contribution in [0.4, 0.5) is 0 Å². The van der Waals surface area contributed by atoms with E-state index in [9.17, 15) is 10.2 Å². The second-order valence-electron chi connectivity index (χ2n) is 7.22. The lowest BCUT2D eigenvalue weighted by molar-refractivity contribution is 0.168. The summed E-state index contributed by atoms with van der Waals surface area (Å²) in [6.45, 7) is 1.43. The average molecular weight is 406 g/mol. The smallest absolute Gasteiger partial charge is 0.161 e. The zero-order chi connectivity index (χ0) is 20.9. The van der Waals surface area contributed by atoms with Gasteiger partial charge in [-0.3, -0.25) is 0 Å². The molecular weight excluding hydrogens is 380 g/mol. The molecule has 0 aliphatic rings. The van der Waals surface area contributed by atoms with E-state index in [1.54, 1.807) is 13.2 Å². The first kappa shape index (κ1) is 20.1. The van der Waals surface area contributed by atoms with Gasteiger partial charge in [-0.25, -0.2) is 0 Å². The van der Waals surface area contributed by atoms with Crippen molar-refractivity contribution in [2.45, 2.75) is 12.5 Å². The van der Waals surface area contributed by atoms with E-state index in [1.165, 1.54) is 0 Å². The Morgan fingerprint density at radius 1 is 0.967 bits per heavy atom. The lowest BCUT2D eigenvalue weighted by Gasteiger charge is -2.15. The maximum absolute atomic E-state index is 10.6. The fourth-order valence-electron chi connectivity index (χ4n) is 3.76. The molecule has 0 fully saturated rings. The molecule has 1 heterocycles. The van der Waals surface area contributed by atoms with Crippen LogP contribution in [-0.4, -0.2) is 48.1 Å². The summed E-state index contributed by atoms with van der Waals surface area (Å²) in [4.78, 5) is 3.37. The molecule has 0 bridgehead atoms. The number of methoxy groups -OCH3 is 1. The van der Waals surface area contributed by atoms with Gasteiger partial charge in [-0.2, -0.15) is 0 Å². The molecule has 0 aliphatic carbocycles. The first-order valence-corrected chi connectivity index (χ1v) is 10.0. The predicted octanol–water partition coefficient (Wildman–Crippen LogP) is 3.61. The Morgan fingerprint density at radius 3 is 2.57 bits per heavy atom. The Kier molecular flexibility index (Phi) is 6.07. The Hall–Kier alpha value is -3.22. The van der Waals surface area contributed by atoms with E-state index in [0.717, 1.165) is 27.4 Å². The van der Waals surface area contributed by atoms with Crippen LogP contribution in [0, 0.1) is 0 Å². The average Bonchev–Trinajstić information content (AvgIpc) is 3.14. The van der Waals surface area contributed by atoms with Gasteiger partial charge in [0.15, 0.2) is 11.5 Å². The van der Waals surface area contributed by atoms with Gasteiger partial charge in [0, 0.05) is 46.9 Å². The number of aliphatic hydroxyl groups is 1. The highest BCUT2D eigenvalue weighted by molar-refractivity contribution is 6.09. The highest BCUT2D eigenvalue weighted by Crippen LogP contribution is 2.34. The first-order chi connectivity index (χ1) is 14.7. The monoisotopic (exact) mass is 406 g/mol. The summed E-state index contributed by atoms with van der Waals surface area (Å²) in [6, 6.07) is 19.0. The molecule has 1 atom stereocenters. The number of benzene rings is 3. The minimum atomic E-state index is -0.638. The molecule has 6 nitrogen and oxygen atoms in total. The van der Waals surface area contributed by atoms with E-state index in [2.05, 4.69) is 10.3 Å². The van der Waals surface area contributed by atoms with E-state index in [-0.39, 0.29) is 5.75 Å². The number of ether oxygens (including phenoxy) is 2. The van der Waals surface area contributed by atoms with Crippen LogP contribution in [0.5, 0.6) is 17.2 Å². The number of phenolic OH excluding ortho intramolecular Hbond substituents is 1. The summed E-state index contributed by atoms with van der Waals surface area (Å²) >= 11 is 0. The van der Waals surface area contributed by atoms with Crippen molar-refractivity contribution in [2.24, 2.45) is 0 Å². The number of para-hydroxylation sites is 3. The Morgan fingerprint density at radius 2 is 1.73 bits per heavy atom. The van der Waals surface area contributed by atoms with Gasteiger partial charge in [0.05, 0.1) is 13.2 Å². The van der Waals surface area contributed by atoms with Crippen molar-refractivity contribution in [1.29, 1.82) is 0 Å². The normalized spacial score (nSPS) is 12.3. The zero-order valence-corrected chi connectivity index (χ0v) is 16.9. The maximum atomic E-state index is 10.6. The Balaban J connectivity index is 1.36. The standard InChI is InChI=1S/C24H26N2O4/c1-29-22-8-4-5-9-23(22)30-13-12-25-15-16(27)14-18-21(28)11-10-20-24(18)17-6-2-3-7-19(17)26-20/h2-11,16,25-28H,12-15H2,1H3. The van der Waals surface area contributed by atoms with Gasteiger partial charge in [0.2, 0.25) is 0 Å². The minimum Gasteiger partial charge on any atom is -0.508 e. The van der Waals surface area contributed by atoms with Gasteiger partial charge in [-0.15, -0.1) is 0 Å². The van der Waals surface area contributed by atoms with Gasteiger partial charge in [-0.1, -0.05) is 30.3 Å². The Labute approximate surface area is 175 Å². The van der Waals surface area contributed by atoms with Gasteiger partial charge in [-0.05, 0) is 30.3 Å². The summed E-state index contributed by atoms with van der Waals surface area (Å²) in [5, 5.41) is 26.2. The molecule has 0 saturated carbocycles. The van der Waals surface area contributed by atoms with Gasteiger partial charge < -0.3 is 30.0 Å². The van der Waals surface area contributed by atoms with Crippen LogP contribution in [0.3, 0.4) is 0 Å². The van der Waals surface area contributed by atoms with Crippen LogP contribution in [0.25, 0.3) is 21.8 Å². The van der Waals surface area contributed by atoms with E-state index in [0.29, 0.717) is 37.6 Å². The molecule has 0 amide bonds. The Bertz CT molecular complexity index is 1140. The minimum absolute atomic E-state index is 0.200. The van der Waals surface area contributed by atoms with Crippen molar-refractivity contribution in [3.8, 4) is 17.2 Å². The number of phenols is 1. The topological polar surface area (TPSA) is 86.7 Å². The number of hydrogen-bond acceptors (Lipinski definition) is 5. The SMILES string of the molecule is COc1ccccc1OCCNCC(O)Cc1c(O)ccc2[nH]c3ccccc3c12. The van der Waals surface area contributed by atoms with E-state index >= 15 is 0 Å². The van der Waals surface area contributed by atoms with Gasteiger partial charge in [0.25, 0.3) is 0 Å². The first-order valence-electron chi connectivity index (χ1n) is 10.0. The fraction of sp³-hybridized carbons (Fsp3) is 0.250. The lowest BCUT2D eigenvalue weighted by atomic mass is 10.00. The largest absolute Gasteiger partial charge is 0.508 e. The summed E-state index contributed by atoms with van der Waals surface area (Å²) in [7, 11) is 1.61. The molecule has 156 valence electrons. The molecule has 0 aliphatic heterocycles. The second kappa shape index (κ2) is 9.07. The van der Waals surface area contributed by atoms with Crippen molar-refractivity contribution in [2.75, 3.05) is 26.8 Å². The molecule has 30 heavy (non-hydrogen) atoms. The zero-order valence-electron chi connectivity index (χ0n) is 16.9. The number of aromatic amines is 1. The van der Waals surface area contributed by atoms with Crippen LogP contribution in [0.2, 0.25) is 0 Å². The summed E-state index contributed by atoms with van der Waals surface area (Å²) in [5.41, 5.74) is 2.72. The van der Waals surface area contributed by atoms with E-state index < -0.39 is 6.10 Å². The maximum Gasteiger partial charge on any atom is 0.161 e. The highest BCUT2D eigenvalue weighted by Gasteiger charge is 2.16. The van der Waals surface area contributed by atoms with Crippen molar-refractivity contribution in [1.82, 2.24) is 10.3 Å². The third-order valence-corrected chi connectivity index (χ3v) is 5.18. The summed E-state index contributed by atoms with van der Waals surface area (Å²) in [6.07, 6.45) is -0.285. The van der Waals surface area contributed by atoms with Crippen molar-refractivity contribution >= 4 is 21.8 Å². The van der Waals surface area contributed by atoms with Crippen LogP contribution < -0.4 is 14.8 Å². The molecular formula is C24H26N2O4. The molecule has 1 aromatic heterocycles. The number of aliphatic hydroxyl groups excluding tert-OH is 1. The third kappa shape index (κ3) is 4.20. The fourth-order valence-corrected chi connectivity index (χ4v) is 3.76. The summed E-state index contributed by atoms with van der Waals surface area (Å²) in [5.74, 6) is 1.59. The predicted molar refractivity (Wildman–Crippen MR) is 119 cm³/mol. The molecule has 3 aromatic carbocycles. The molecule has 0 radical (unpaired) electrons. The number of H-pyrrole nitrogens is 1. The van der Waals surface area contributed by atoms with Crippen LogP contribution in [0.1, 0.15) is 5.56 Å². The quantitative estimate of drug-likeness (QED) is 0.319. The highest BCUT2D eigenvalue weighted by atomic mass is 16.5. The molecule has 0 spiro atoms. The number of rotatable bonds is 9. The van der Waals surface area contributed by atoms with E-state index in [1.807, 2.05) is 54.6 Å². The second-order valence-corrected chi connectivity index (χ2v) is 7.22. The van der Waals surface area contributed by atoms with Crippen LogP contribution in [0.15, 0.2) is 60.7 Å².